The monoisotopic (exact) mass is 280 g/mol. The maximum atomic E-state index is 12.0. The number of hydrogen-bond donors (Lipinski definition) is 2. The summed E-state index contributed by atoms with van der Waals surface area (Å²) < 4.78 is 0. The number of carbonyl (C=O) groups excluding carboxylic acids is 1. The molecule has 0 aliphatic heterocycles. The Kier molecular flexibility index (Phi) is 6.85. The summed E-state index contributed by atoms with van der Waals surface area (Å²) in [6.07, 6.45) is 13.7. The van der Waals surface area contributed by atoms with Crippen LogP contribution in [0.5, 0.6) is 0 Å². The molecule has 2 aliphatic carbocycles. The summed E-state index contributed by atoms with van der Waals surface area (Å²) in [6.45, 7) is 1.71. The van der Waals surface area contributed by atoms with Gasteiger partial charge in [-0.2, -0.15) is 0 Å². The van der Waals surface area contributed by atoms with E-state index in [4.69, 9.17) is 5.73 Å². The van der Waals surface area contributed by atoms with Crippen molar-refractivity contribution in [2.24, 2.45) is 23.5 Å². The van der Waals surface area contributed by atoms with E-state index in [0.29, 0.717) is 11.8 Å². The molecule has 0 aromatic heterocycles. The molecule has 3 nitrogen and oxygen atoms in total. The first-order valence-electron chi connectivity index (χ1n) is 8.74. The Balaban J connectivity index is 1.54. The van der Waals surface area contributed by atoms with Gasteiger partial charge in [0.15, 0.2) is 0 Å². The third-order valence-corrected chi connectivity index (χ3v) is 5.37. The minimum atomic E-state index is 0.275. The third-order valence-electron chi connectivity index (χ3n) is 5.37. The van der Waals surface area contributed by atoms with Gasteiger partial charge in [0.25, 0.3) is 0 Å². The van der Waals surface area contributed by atoms with Gasteiger partial charge < -0.3 is 11.1 Å². The molecule has 116 valence electrons. The van der Waals surface area contributed by atoms with E-state index in [1.807, 2.05) is 0 Å². The summed E-state index contributed by atoms with van der Waals surface area (Å²) >= 11 is 0. The van der Waals surface area contributed by atoms with E-state index >= 15 is 0 Å². The second kappa shape index (κ2) is 8.66. The molecule has 1 amide bonds. The maximum absolute atomic E-state index is 12.0. The van der Waals surface area contributed by atoms with Crippen LogP contribution in [0.2, 0.25) is 0 Å². The van der Waals surface area contributed by atoms with E-state index in [1.54, 1.807) is 0 Å². The molecular formula is C17H32N2O. The lowest BCUT2D eigenvalue weighted by atomic mass is 9.80. The molecule has 3 N–H and O–H groups in total. The summed E-state index contributed by atoms with van der Waals surface area (Å²) in [5, 5.41) is 3.14. The molecular weight excluding hydrogens is 248 g/mol. The Labute approximate surface area is 124 Å². The number of nitrogens with one attached hydrogen (secondary N) is 1. The maximum Gasteiger partial charge on any atom is 0.220 e. The van der Waals surface area contributed by atoms with Gasteiger partial charge in [-0.15, -0.1) is 0 Å². The molecule has 0 unspecified atom stereocenters. The van der Waals surface area contributed by atoms with Gasteiger partial charge >= 0.3 is 0 Å². The van der Waals surface area contributed by atoms with Gasteiger partial charge in [0.2, 0.25) is 5.91 Å². The van der Waals surface area contributed by atoms with Crippen LogP contribution < -0.4 is 11.1 Å². The highest BCUT2D eigenvalue weighted by Crippen LogP contribution is 2.30. The van der Waals surface area contributed by atoms with Gasteiger partial charge in [-0.3, -0.25) is 4.79 Å². The molecule has 0 spiro atoms. The van der Waals surface area contributed by atoms with E-state index < -0.39 is 0 Å². The van der Waals surface area contributed by atoms with Gasteiger partial charge in [0, 0.05) is 13.0 Å². The molecule has 20 heavy (non-hydrogen) atoms. The highest BCUT2D eigenvalue weighted by molar-refractivity contribution is 5.76. The van der Waals surface area contributed by atoms with E-state index in [-0.39, 0.29) is 5.91 Å². The molecule has 0 saturated heterocycles. The third kappa shape index (κ3) is 5.43. The number of rotatable bonds is 6. The van der Waals surface area contributed by atoms with Gasteiger partial charge in [0.05, 0.1) is 0 Å². The van der Waals surface area contributed by atoms with E-state index in [1.165, 1.54) is 64.2 Å². The molecule has 2 aliphatic rings. The van der Waals surface area contributed by atoms with Crippen LogP contribution in [0.15, 0.2) is 0 Å². The van der Waals surface area contributed by atoms with Crippen LogP contribution in [0.25, 0.3) is 0 Å². The SMILES string of the molecule is NCC1CCC(CC(=O)NCCC2CCCCC2)CC1. The summed E-state index contributed by atoms with van der Waals surface area (Å²) in [4.78, 5) is 12.0. The molecule has 3 heteroatoms. The molecule has 2 fully saturated rings. The van der Waals surface area contributed by atoms with Crippen LogP contribution >= 0.6 is 0 Å². The Bertz CT molecular complexity index is 279. The van der Waals surface area contributed by atoms with Crippen molar-refractivity contribution in [1.82, 2.24) is 5.32 Å². The lowest BCUT2D eigenvalue weighted by molar-refractivity contribution is -0.122. The highest BCUT2D eigenvalue weighted by atomic mass is 16.1. The van der Waals surface area contributed by atoms with Crippen LogP contribution in [0.3, 0.4) is 0 Å². The van der Waals surface area contributed by atoms with Crippen LogP contribution in [0.4, 0.5) is 0 Å². The highest BCUT2D eigenvalue weighted by Gasteiger charge is 2.22. The summed E-state index contributed by atoms with van der Waals surface area (Å²) in [6, 6.07) is 0. The standard InChI is InChI=1S/C17H32N2O/c18-13-16-8-6-15(7-9-16)12-17(20)19-11-10-14-4-2-1-3-5-14/h14-16H,1-13,18H2,(H,19,20). The zero-order chi connectivity index (χ0) is 14.2. The smallest absolute Gasteiger partial charge is 0.220 e. The van der Waals surface area contributed by atoms with Crippen molar-refractivity contribution < 1.29 is 4.79 Å². The summed E-state index contributed by atoms with van der Waals surface area (Å²) in [5.41, 5.74) is 5.71. The van der Waals surface area contributed by atoms with Crippen LogP contribution in [0.1, 0.15) is 70.6 Å². The van der Waals surface area contributed by atoms with Crippen LogP contribution in [-0.4, -0.2) is 19.0 Å². The Morgan fingerprint density at radius 2 is 1.55 bits per heavy atom. The Hall–Kier alpha value is -0.570. The van der Waals surface area contributed by atoms with Gasteiger partial charge in [0.1, 0.15) is 0 Å². The normalized spacial score (nSPS) is 28.2. The average Bonchev–Trinajstić information content (AvgIpc) is 2.49. The van der Waals surface area contributed by atoms with Crippen molar-refractivity contribution in [3.8, 4) is 0 Å². The van der Waals surface area contributed by atoms with E-state index in [0.717, 1.165) is 25.4 Å². The second-order valence-corrected chi connectivity index (χ2v) is 6.97. The topological polar surface area (TPSA) is 55.1 Å². The fourth-order valence-electron chi connectivity index (χ4n) is 3.90. The number of amides is 1. The lowest BCUT2D eigenvalue weighted by Gasteiger charge is -2.27. The minimum Gasteiger partial charge on any atom is -0.356 e. The first kappa shape index (κ1) is 15.8. The first-order chi connectivity index (χ1) is 9.78. The Morgan fingerprint density at radius 3 is 2.20 bits per heavy atom. The van der Waals surface area contributed by atoms with Crippen LogP contribution in [-0.2, 0) is 4.79 Å². The van der Waals surface area contributed by atoms with Crippen molar-refractivity contribution in [3.05, 3.63) is 0 Å². The van der Waals surface area contributed by atoms with Crippen molar-refractivity contribution in [2.75, 3.05) is 13.1 Å². The number of hydrogen-bond acceptors (Lipinski definition) is 2. The van der Waals surface area contributed by atoms with Gasteiger partial charge in [-0.1, -0.05) is 32.1 Å². The van der Waals surface area contributed by atoms with Crippen molar-refractivity contribution >= 4 is 5.91 Å². The fourth-order valence-corrected chi connectivity index (χ4v) is 3.90. The largest absolute Gasteiger partial charge is 0.356 e. The first-order valence-corrected chi connectivity index (χ1v) is 8.74. The summed E-state index contributed by atoms with van der Waals surface area (Å²) in [5.74, 6) is 2.45. The zero-order valence-electron chi connectivity index (χ0n) is 12.9. The van der Waals surface area contributed by atoms with Gasteiger partial charge in [-0.05, 0) is 56.4 Å². The van der Waals surface area contributed by atoms with E-state index in [2.05, 4.69) is 5.32 Å². The van der Waals surface area contributed by atoms with Crippen molar-refractivity contribution in [1.29, 1.82) is 0 Å². The van der Waals surface area contributed by atoms with Crippen molar-refractivity contribution in [2.45, 2.75) is 70.6 Å². The van der Waals surface area contributed by atoms with Crippen LogP contribution in [0, 0.1) is 17.8 Å². The number of nitrogens with two attached hydrogens (primary N) is 1. The molecule has 0 atom stereocenters. The number of carbonyl (C=O) groups is 1. The molecule has 0 aromatic carbocycles. The van der Waals surface area contributed by atoms with Gasteiger partial charge in [-0.25, -0.2) is 0 Å². The molecule has 2 rings (SSSR count). The fraction of sp³-hybridized carbons (Fsp3) is 0.941. The minimum absolute atomic E-state index is 0.275. The average molecular weight is 280 g/mol. The molecule has 0 radical (unpaired) electrons. The molecule has 0 heterocycles. The molecule has 2 saturated carbocycles. The van der Waals surface area contributed by atoms with Crippen molar-refractivity contribution in [3.63, 3.8) is 0 Å². The zero-order valence-corrected chi connectivity index (χ0v) is 12.9. The lowest BCUT2D eigenvalue weighted by Crippen LogP contribution is -2.30. The summed E-state index contributed by atoms with van der Waals surface area (Å²) in [7, 11) is 0. The quantitative estimate of drug-likeness (QED) is 0.785. The van der Waals surface area contributed by atoms with E-state index in [9.17, 15) is 4.79 Å². The molecule has 0 aromatic rings. The Morgan fingerprint density at radius 1 is 0.900 bits per heavy atom. The second-order valence-electron chi connectivity index (χ2n) is 6.97. The predicted molar refractivity (Wildman–Crippen MR) is 83.3 cm³/mol. The predicted octanol–water partition coefficient (Wildman–Crippen LogP) is 3.23. The molecule has 0 bridgehead atoms.